The molecule has 0 saturated heterocycles. The molecule has 0 aromatic carbocycles. The van der Waals surface area contributed by atoms with Gasteiger partial charge in [-0.25, -0.2) is 0 Å². The molecule has 0 aliphatic heterocycles. The fraction of sp³-hybridized carbons (Fsp3) is 0.942. The third kappa shape index (κ3) is 61.7. The lowest BCUT2D eigenvalue weighted by Gasteiger charge is -2.20. The van der Waals surface area contributed by atoms with E-state index in [1.165, 1.54) is 327 Å². The number of aliphatic hydroxyl groups is 2. The number of hydrogen-bond acceptors (Lipinski definition) is 5. The van der Waals surface area contributed by atoms with Crippen LogP contribution in [0, 0.1) is 0 Å². The summed E-state index contributed by atoms with van der Waals surface area (Å²) >= 11 is 0. The summed E-state index contributed by atoms with van der Waals surface area (Å²) < 4.78 is 5.50. The Kier molecular flexibility index (Phi) is 63.9. The van der Waals surface area contributed by atoms with Crippen LogP contribution in [-0.2, 0) is 14.3 Å². The van der Waals surface area contributed by atoms with Gasteiger partial charge in [0.2, 0.25) is 5.91 Å². The number of ether oxygens (including phenoxy) is 1. The maximum absolute atomic E-state index is 12.5. The molecule has 0 rings (SSSR count). The smallest absolute Gasteiger partial charge is 0.305 e. The number of rotatable bonds is 65. The molecule has 0 radical (unpaired) electrons. The zero-order chi connectivity index (χ0) is 54.3. The summed E-state index contributed by atoms with van der Waals surface area (Å²) in [7, 11) is 0. The van der Waals surface area contributed by atoms with Crippen LogP contribution in [0.5, 0.6) is 0 Å². The van der Waals surface area contributed by atoms with Gasteiger partial charge in [-0.3, -0.25) is 9.59 Å². The molecule has 75 heavy (non-hydrogen) atoms. The molecular formula is C69H135NO5. The molecule has 6 heteroatoms. The van der Waals surface area contributed by atoms with Crippen molar-refractivity contribution < 1.29 is 24.5 Å². The molecule has 0 heterocycles. The quantitative estimate of drug-likeness (QED) is 0.0320. The van der Waals surface area contributed by atoms with Gasteiger partial charge in [-0.15, -0.1) is 0 Å². The lowest BCUT2D eigenvalue weighted by Crippen LogP contribution is -2.45. The Morgan fingerprint density at radius 1 is 0.360 bits per heavy atom. The minimum atomic E-state index is -0.840. The van der Waals surface area contributed by atoms with Crippen LogP contribution >= 0.6 is 0 Å². The molecule has 3 N–H and O–H groups in total. The Hall–Kier alpha value is -1.40. The lowest BCUT2D eigenvalue weighted by atomic mass is 10.0. The number of nitrogens with one attached hydrogen (secondary N) is 1. The monoisotopic (exact) mass is 1060 g/mol. The van der Waals surface area contributed by atoms with E-state index in [9.17, 15) is 19.8 Å². The highest BCUT2D eigenvalue weighted by atomic mass is 16.5. The molecule has 2 atom stereocenters. The fourth-order valence-electron chi connectivity index (χ4n) is 11.1. The standard InChI is InChI=1S/C69H135NO5/c1-3-5-7-9-11-13-15-17-34-39-43-47-51-55-59-63-69(74)75-64-60-56-52-48-44-40-36-33-31-29-27-25-23-21-19-18-20-22-24-26-28-30-32-35-38-42-46-50-54-58-62-68(73)70-66(65-71)67(72)61-57-53-49-45-41-37-16-14-12-10-8-6-4-2/h57,61,66-67,71-72H,3-56,58-60,62-65H2,1-2H3,(H,70,73)/b61-57+. The van der Waals surface area contributed by atoms with E-state index in [-0.39, 0.29) is 18.5 Å². The van der Waals surface area contributed by atoms with Gasteiger partial charge in [0.1, 0.15) is 0 Å². The summed E-state index contributed by atoms with van der Waals surface area (Å²) in [6.45, 7) is 4.94. The maximum atomic E-state index is 12.5. The first-order valence-electron chi connectivity index (χ1n) is 34.5. The Morgan fingerprint density at radius 2 is 0.613 bits per heavy atom. The molecule has 0 fully saturated rings. The minimum absolute atomic E-state index is 0.0235. The van der Waals surface area contributed by atoms with Gasteiger partial charge in [-0.2, -0.15) is 0 Å². The van der Waals surface area contributed by atoms with E-state index < -0.39 is 12.1 Å². The van der Waals surface area contributed by atoms with E-state index in [1.54, 1.807) is 6.08 Å². The zero-order valence-electron chi connectivity index (χ0n) is 51.1. The first-order chi connectivity index (χ1) is 37.0. The Balaban J connectivity index is 3.32. The summed E-state index contributed by atoms with van der Waals surface area (Å²) in [4.78, 5) is 24.5. The minimum Gasteiger partial charge on any atom is -0.466 e. The van der Waals surface area contributed by atoms with Crippen molar-refractivity contribution in [3.63, 3.8) is 0 Å². The predicted molar refractivity (Wildman–Crippen MR) is 329 cm³/mol. The molecule has 0 aliphatic carbocycles. The summed E-state index contributed by atoms with van der Waals surface area (Å²) in [5.41, 5.74) is 0. The summed E-state index contributed by atoms with van der Waals surface area (Å²) in [5, 5.41) is 23.1. The van der Waals surface area contributed by atoms with Crippen LogP contribution in [-0.4, -0.2) is 47.4 Å². The van der Waals surface area contributed by atoms with E-state index >= 15 is 0 Å². The van der Waals surface area contributed by atoms with Gasteiger partial charge < -0.3 is 20.3 Å². The largest absolute Gasteiger partial charge is 0.466 e. The summed E-state index contributed by atoms with van der Waals surface area (Å²) in [5.74, 6) is -0.0387. The molecule has 0 aromatic heterocycles. The second-order valence-corrected chi connectivity index (χ2v) is 23.9. The van der Waals surface area contributed by atoms with Crippen molar-refractivity contribution in [2.75, 3.05) is 13.2 Å². The lowest BCUT2D eigenvalue weighted by molar-refractivity contribution is -0.143. The predicted octanol–water partition coefficient (Wildman–Crippen LogP) is 22.0. The van der Waals surface area contributed by atoms with Crippen molar-refractivity contribution in [1.82, 2.24) is 5.32 Å². The highest BCUT2D eigenvalue weighted by Crippen LogP contribution is 2.19. The van der Waals surface area contributed by atoms with Crippen molar-refractivity contribution in [3.8, 4) is 0 Å². The second-order valence-electron chi connectivity index (χ2n) is 23.9. The Morgan fingerprint density at radius 3 is 0.907 bits per heavy atom. The van der Waals surface area contributed by atoms with Crippen molar-refractivity contribution >= 4 is 11.9 Å². The van der Waals surface area contributed by atoms with Crippen LogP contribution < -0.4 is 5.32 Å². The summed E-state index contributed by atoms with van der Waals surface area (Å²) in [6, 6.07) is -0.623. The maximum Gasteiger partial charge on any atom is 0.305 e. The van der Waals surface area contributed by atoms with Gasteiger partial charge in [-0.1, -0.05) is 360 Å². The van der Waals surface area contributed by atoms with Gasteiger partial charge in [0, 0.05) is 12.8 Å². The van der Waals surface area contributed by atoms with Crippen molar-refractivity contribution in [2.45, 2.75) is 405 Å². The number of allylic oxidation sites excluding steroid dienone is 1. The third-order valence-electron chi connectivity index (χ3n) is 16.3. The topological polar surface area (TPSA) is 95.9 Å². The van der Waals surface area contributed by atoms with E-state index in [0.29, 0.717) is 19.4 Å². The van der Waals surface area contributed by atoms with Crippen molar-refractivity contribution in [3.05, 3.63) is 12.2 Å². The SMILES string of the molecule is CCCCCCCCCCCCC/C=C/C(O)C(CO)NC(=O)CCCCCCCCCCCCCCCCCCCCCCCCCCCCCCCCOC(=O)CCCCCCCCCCCCCCCCC. The first-order valence-corrected chi connectivity index (χ1v) is 34.5. The van der Waals surface area contributed by atoms with Crippen molar-refractivity contribution in [2.24, 2.45) is 0 Å². The third-order valence-corrected chi connectivity index (χ3v) is 16.3. The van der Waals surface area contributed by atoms with E-state index in [4.69, 9.17) is 4.74 Å². The van der Waals surface area contributed by atoms with E-state index in [2.05, 4.69) is 19.2 Å². The normalized spacial score (nSPS) is 12.5. The van der Waals surface area contributed by atoms with Gasteiger partial charge in [-0.05, 0) is 32.1 Å². The number of carbonyl (C=O) groups excluding carboxylic acids is 2. The number of hydrogen-bond donors (Lipinski definition) is 3. The molecule has 0 aromatic rings. The molecular weight excluding hydrogens is 923 g/mol. The second kappa shape index (κ2) is 65.1. The number of aliphatic hydroxyl groups excluding tert-OH is 2. The molecule has 1 amide bonds. The van der Waals surface area contributed by atoms with Crippen LogP contribution in [0.1, 0.15) is 393 Å². The average Bonchev–Trinajstić information content (AvgIpc) is 3.41. The van der Waals surface area contributed by atoms with Crippen LogP contribution in [0.3, 0.4) is 0 Å². The Bertz CT molecular complexity index is 1130. The molecule has 0 aliphatic rings. The number of unbranched alkanes of at least 4 members (excludes halogenated alkanes) is 54. The number of amides is 1. The van der Waals surface area contributed by atoms with E-state index in [1.807, 2.05) is 6.08 Å². The molecule has 0 spiro atoms. The first kappa shape index (κ1) is 73.6. The van der Waals surface area contributed by atoms with Gasteiger partial charge >= 0.3 is 5.97 Å². The molecule has 0 saturated carbocycles. The highest BCUT2D eigenvalue weighted by Gasteiger charge is 2.18. The molecule has 6 nitrogen and oxygen atoms in total. The van der Waals surface area contributed by atoms with Gasteiger partial charge in [0.25, 0.3) is 0 Å². The zero-order valence-corrected chi connectivity index (χ0v) is 51.1. The van der Waals surface area contributed by atoms with E-state index in [0.717, 1.165) is 38.5 Å². The number of esters is 1. The number of carbonyl (C=O) groups is 2. The molecule has 446 valence electrons. The van der Waals surface area contributed by atoms with Crippen LogP contribution in [0.25, 0.3) is 0 Å². The van der Waals surface area contributed by atoms with Gasteiger partial charge in [0.15, 0.2) is 0 Å². The Labute approximate surface area is 469 Å². The average molecular weight is 1060 g/mol. The fourth-order valence-corrected chi connectivity index (χ4v) is 11.1. The van der Waals surface area contributed by atoms with Crippen molar-refractivity contribution in [1.29, 1.82) is 0 Å². The molecule has 2 unspecified atom stereocenters. The highest BCUT2D eigenvalue weighted by molar-refractivity contribution is 5.76. The van der Waals surface area contributed by atoms with Gasteiger partial charge in [0.05, 0.1) is 25.4 Å². The van der Waals surface area contributed by atoms with Crippen LogP contribution in [0.15, 0.2) is 12.2 Å². The van der Waals surface area contributed by atoms with Crippen LogP contribution in [0.4, 0.5) is 0 Å². The molecule has 0 bridgehead atoms. The summed E-state index contributed by atoms with van der Waals surface area (Å²) in [6.07, 6.45) is 80.1. The van der Waals surface area contributed by atoms with Crippen LogP contribution in [0.2, 0.25) is 0 Å².